The standard InChI is InChI=1S/C22H30O5Si/c1-22(2,3)28(7,8)27-20-16(11-14-19(25-5)21(20)26-6)15-9-12-17(23)18(24-4)13-10-15/h9-14H,1-8H3. The molecule has 0 N–H and O–H groups in total. The van der Waals surface area contributed by atoms with Crippen LogP contribution in [0, 0.1) is 0 Å². The van der Waals surface area contributed by atoms with Crippen molar-refractivity contribution in [1.82, 2.24) is 0 Å². The number of benzene rings is 1. The van der Waals surface area contributed by atoms with E-state index in [1.54, 1.807) is 26.4 Å². The smallest absolute Gasteiger partial charge is 0.250 e. The Bertz CT molecular complexity index is 900. The van der Waals surface area contributed by atoms with Crippen molar-refractivity contribution in [2.24, 2.45) is 0 Å². The van der Waals surface area contributed by atoms with Crippen molar-refractivity contribution in [1.29, 1.82) is 0 Å². The van der Waals surface area contributed by atoms with Crippen LogP contribution < -0.4 is 24.1 Å². The summed E-state index contributed by atoms with van der Waals surface area (Å²) < 4.78 is 23.0. The lowest BCUT2D eigenvalue weighted by Crippen LogP contribution is -2.44. The molecule has 0 amide bonds. The minimum Gasteiger partial charge on any atom is -0.541 e. The van der Waals surface area contributed by atoms with Gasteiger partial charge in [0.1, 0.15) is 0 Å². The van der Waals surface area contributed by atoms with E-state index >= 15 is 0 Å². The Morgan fingerprint density at radius 1 is 0.750 bits per heavy atom. The summed E-state index contributed by atoms with van der Waals surface area (Å²) >= 11 is 0. The number of hydrogen-bond acceptors (Lipinski definition) is 5. The molecule has 0 bridgehead atoms. The van der Waals surface area contributed by atoms with E-state index in [0.717, 1.165) is 11.1 Å². The molecule has 0 saturated heterocycles. The minimum atomic E-state index is -2.16. The second-order valence-electron chi connectivity index (χ2n) is 8.09. The summed E-state index contributed by atoms with van der Waals surface area (Å²) in [4.78, 5) is 12.1. The third-order valence-corrected chi connectivity index (χ3v) is 9.59. The zero-order chi connectivity index (χ0) is 21.1. The summed E-state index contributed by atoms with van der Waals surface area (Å²) in [7, 11) is 2.52. The van der Waals surface area contributed by atoms with E-state index in [4.69, 9.17) is 18.6 Å². The van der Waals surface area contributed by atoms with Gasteiger partial charge in [-0.1, -0.05) is 32.9 Å². The van der Waals surface area contributed by atoms with Gasteiger partial charge in [0.05, 0.1) is 21.3 Å². The van der Waals surface area contributed by atoms with Crippen LogP contribution in [0.5, 0.6) is 23.0 Å². The number of hydrogen-bond donors (Lipinski definition) is 0. The van der Waals surface area contributed by atoms with Crippen molar-refractivity contribution in [3.63, 3.8) is 0 Å². The molecule has 152 valence electrons. The van der Waals surface area contributed by atoms with Crippen LogP contribution in [0.2, 0.25) is 18.1 Å². The monoisotopic (exact) mass is 402 g/mol. The molecular weight excluding hydrogens is 372 g/mol. The first-order valence-corrected chi connectivity index (χ1v) is 12.1. The van der Waals surface area contributed by atoms with Gasteiger partial charge in [0.25, 0.3) is 8.32 Å². The summed E-state index contributed by atoms with van der Waals surface area (Å²) in [5.41, 5.74) is 1.48. The second-order valence-corrected chi connectivity index (χ2v) is 12.8. The average Bonchev–Trinajstić information content (AvgIpc) is 2.81. The fraction of sp³-hybridized carbons (Fsp3) is 0.409. The summed E-state index contributed by atoms with van der Waals surface area (Å²) in [6, 6.07) is 10.6. The third-order valence-electron chi connectivity index (χ3n) is 5.27. The van der Waals surface area contributed by atoms with Crippen molar-refractivity contribution in [2.75, 3.05) is 21.3 Å². The molecule has 0 saturated carbocycles. The Hall–Kier alpha value is -2.47. The highest BCUT2D eigenvalue weighted by molar-refractivity contribution is 6.74. The number of methoxy groups -OCH3 is 3. The first-order valence-electron chi connectivity index (χ1n) is 9.18. The fourth-order valence-corrected chi connectivity index (χ4v) is 3.55. The SMILES string of the molecule is COc1ccc(-c2ccc(OC)c(=O)cc2)c(O[Si](C)(C)C(C)(C)C)c1OC. The van der Waals surface area contributed by atoms with Gasteiger partial charge < -0.3 is 18.6 Å². The van der Waals surface area contributed by atoms with E-state index in [0.29, 0.717) is 23.0 Å². The molecule has 0 aliphatic carbocycles. The molecule has 2 rings (SSSR count). The maximum atomic E-state index is 12.1. The van der Waals surface area contributed by atoms with Crippen LogP contribution >= 0.6 is 0 Å². The highest BCUT2D eigenvalue weighted by atomic mass is 28.4. The molecule has 0 spiro atoms. The maximum absolute atomic E-state index is 12.1. The third kappa shape index (κ3) is 4.33. The Balaban J connectivity index is 2.75. The van der Waals surface area contributed by atoms with Crippen molar-refractivity contribution >= 4 is 8.32 Å². The van der Waals surface area contributed by atoms with E-state index in [1.807, 2.05) is 18.2 Å². The van der Waals surface area contributed by atoms with Gasteiger partial charge in [-0.25, -0.2) is 0 Å². The molecule has 0 aromatic heterocycles. The number of rotatable bonds is 6. The lowest BCUT2D eigenvalue weighted by molar-refractivity contribution is 0.340. The van der Waals surface area contributed by atoms with Gasteiger partial charge in [-0.3, -0.25) is 4.79 Å². The maximum Gasteiger partial charge on any atom is 0.250 e. The molecule has 28 heavy (non-hydrogen) atoms. The van der Waals surface area contributed by atoms with Gasteiger partial charge in [-0.15, -0.1) is 0 Å². The highest BCUT2D eigenvalue weighted by Gasteiger charge is 2.40. The van der Waals surface area contributed by atoms with Crippen LogP contribution in [-0.4, -0.2) is 29.6 Å². The minimum absolute atomic E-state index is 0.00508. The average molecular weight is 403 g/mol. The zero-order valence-electron chi connectivity index (χ0n) is 18.0. The molecule has 0 aliphatic rings. The molecule has 6 heteroatoms. The van der Waals surface area contributed by atoms with Gasteiger partial charge >= 0.3 is 0 Å². The molecule has 2 aromatic carbocycles. The van der Waals surface area contributed by atoms with Crippen molar-refractivity contribution in [2.45, 2.75) is 38.9 Å². The molecule has 0 unspecified atom stereocenters. The Kier molecular flexibility index (Phi) is 6.44. The van der Waals surface area contributed by atoms with Crippen LogP contribution in [-0.2, 0) is 0 Å². The number of ether oxygens (including phenoxy) is 3. The molecule has 0 heterocycles. The largest absolute Gasteiger partial charge is 0.541 e. The van der Waals surface area contributed by atoms with Crippen molar-refractivity contribution in [3.8, 4) is 34.1 Å². The van der Waals surface area contributed by atoms with E-state index in [-0.39, 0.29) is 10.5 Å². The van der Waals surface area contributed by atoms with Crippen LogP contribution in [0.25, 0.3) is 11.1 Å². The van der Waals surface area contributed by atoms with Gasteiger partial charge in [0, 0.05) is 5.56 Å². The quantitative estimate of drug-likeness (QED) is 0.628. The van der Waals surface area contributed by atoms with Crippen LogP contribution in [0.4, 0.5) is 0 Å². The molecule has 0 atom stereocenters. The molecule has 0 fully saturated rings. The van der Waals surface area contributed by atoms with E-state index in [1.165, 1.54) is 13.2 Å². The summed E-state index contributed by atoms with van der Waals surface area (Å²) in [5.74, 6) is 2.07. The molecule has 0 radical (unpaired) electrons. The lowest BCUT2D eigenvalue weighted by Gasteiger charge is -2.37. The molecule has 2 aromatic rings. The first kappa shape index (κ1) is 21.8. The normalized spacial score (nSPS) is 11.7. The van der Waals surface area contributed by atoms with E-state index < -0.39 is 8.32 Å². The zero-order valence-corrected chi connectivity index (χ0v) is 19.0. The fourth-order valence-electron chi connectivity index (χ4n) is 2.53. The van der Waals surface area contributed by atoms with Gasteiger partial charge in [-0.05, 0) is 48.0 Å². The highest BCUT2D eigenvalue weighted by Crippen LogP contribution is 2.48. The summed E-state index contributed by atoms with van der Waals surface area (Å²) in [5, 5.41) is 0.00508. The Labute approximate surface area is 168 Å². The van der Waals surface area contributed by atoms with Gasteiger partial charge in [0.15, 0.2) is 17.2 Å². The summed E-state index contributed by atoms with van der Waals surface area (Å²) in [6.07, 6.45) is 0. The topological polar surface area (TPSA) is 54.0 Å². The van der Waals surface area contributed by atoms with Crippen molar-refractivity contribution < 1.29 is 18.6 Å². The van der Waals surface area contributed by atoms with Crippen LogP contribution in [0.15, 0.2) is 41.2 Å². The second kappa shape index (κ2) is 8.27. The molecular formula is C22H30O5Si. The van der Waals surface area contributed by atoms with E-state index in [9.17, 15) is 4.79 Å². The van der Waals surface area contributed by atoms with E-state index in [2.05, 4.69) is 33.9 Å². The van der Waals surface area contributed by atoms with Gasteiger partial charge in [0.2, 0.25) is 11.2 Å². The molecule has 5 nitrogen and oxygen atoms in total. The first-order chi connectivity index (χ1) is 13.1. The van der Waals surface area contributed by atoms with Crippen LogP contribution in [0.1, 0.15) is 20.8 Å². The van der Waals surface area contributed by atoms with Crippen LogP contribution in [0.3, 0.4) is 0 Å². The Morgan fingerprint density at radius 3 is 1.86 bits per heavy atom. The Morgan fingerprint density at radius 2 is 1.32 bits per heavy atom. The van der Waals surface area contributed by atoms with Gasteiger partial charge in [-0.2, -0.15) is 0 Å². The van der Waals surface area contributed by atoms with Crippen molar-refractivity contribution in [3.05, 3.63) is 46.6 Å². The lowest BCUT2D eigenvalue weighted by atomic mass is 10.1. The predicted molar refractivity (Wildman–Crippen MR) is 116 cm³/mol. The molecule has 0 aliphatic heterocycles. The predicted octanol–water partition coefficient (Wildman–Crippen LogP) is 5.12. The summed E-state index contributed by atoms with van der Waals surface area (Å²) in [6.45, 7) is 10.9.